The summed E-state index contributed by atoms with van der Waals surface area (Å²) in [5.41, 5.74) is 1.20. The van der Waals surface area contributed by atoms with E-state index >= 15 is 0 Å². The Morgan fingerprint density at radius 3 is 2.74 bits per heavy atom. The number of likely N-dealkylation sites (tertiary alicyclic amines) is 1. The Morgan fingerprint density at radius 1 is 1.39 bits per heavy atom. The molecule has 1 saturated heterocycles. The molecule has 1 amide bonds. The van der Waals surface area contributed by atoms with Gasteiger partial charge in [-0.15, -0.1) is 11.8 Å². The predicted octanol–water partition coefficient (Wildman–Crippen LogP) is 1.85. The molecule has 0 spiro atoms. The van der Waals surface area contributed by atoms with E-state index in [1.165, 1.54) is 5.56 Å². The standard InChI is InChI=1S/C16H24N2O3S2/c1-13(22-12-14-7-4-3-5-8-14)16(19)18-10-6-9-15(11-18)17-23(2,20)21/h3-5,7-8,13,15,17H,6,9-12H2,1-2H3/t13-,15+/m1/s1. The molecule has 1 N–H and O–H groups in total. The fourth-order valence-electron chi connectivity index (χ4n) is 2.70. The maximum absolute atomic E-state index is 12.6. The van der Waals surface area contributed by atoms with Gasteiger partial charge in [-0.2, -0.15) is 0 Å². The lowest BCUT2D eigenvalue weighted by atomic mass is 10.1. The molecule has 0 aromatic heterocycles. The van der Waals surface area contributed by atoms with Crippen LogP contribution in [0.15, 0.2) is 30.3 Å². The van der Waals surface area contributed by atoms with Gasteiger partial charge in [-0.25, -0.2) is 13.1 Å². The first-order chi connectivity index (χ1) is 10.8. The van der Waals surface area contributed by atoms with Crippen LogP contribution in [-0.4, -0.2) is 49.9 Å². The van der Waals surface area contributed by atoms with Gasteiger partial charge >= 0.3 is 0 Å². The molecule has 1 fully saturated rings. The Labute approximate surface area is 142 Å². The zero-order valence-corrected chi connectivity index (χ0v) is 15.2. The van der Waals surface area contributed by atoms with Crippen molar-refractivity contribution in [3.63, 3.8) is 0 Å². The summed E-state index contributed by atoms with van der Waals surface area (Å²) in [6.45, 7) is 3.09. The Morgan fingerprint density at radius 2 is 2.09 bits per heavy atom. The van der Waals surface area contributed by atoms with Gasteiger partial charge in [-0.1, -0.05) is 30.3 Å². The number of carbonyl (C=O) groups is 1. The maximum Gasteiger partial charge on any atom is 0.235 e. The van der Waals surface area contributed by atoms with Crippen LogP contribution in [-0.2, 0) is 20.6 Å². The molecule has 1 aliphatic rings. The summed E-state index contributed by atoms with van der Waals surface area (Å²) in [6.07, 6.45) is 2.77. The number of hydrogen-bond acceptors (Lipinski definition) is 4. The highest BCUT2D eigenvalue weighted by Gasteiger charge is 2.28. The predicted molar refractivity (Wildman–Crippen MR) is 94.8 cm³/mol. The van der Waals surface area contributed by atoms with Crippen LogP contribution < -0.4 is 4.72 Å². The van der Waals surface area contributed by atoms with Crippen molar-refractivity contribution < 1.29 is 13.2 Å². The smallest absolute Gasteiger partial charge is 0.235 e. The highest BCUT2D eigenvalue weighted by Crippen LogP contribution is 2.21. The molecular formula is C16H24N2O3S2. The van der Waals surface area contributed by atoms with Gasteiger partial charge in [0.2, 0.25) is 15.9 Å². The SMILES string of the molecule is C[C@@H](SCc1ccccc1)C(=O)N1CCC[C@H](NS(C)(=O)=O)C1. The van der Waals surface area contributed by atoms with Crippen LogP contribution in [0.1, 0.15) is 25.3 Å². The summed E-state index contributed by atoms with van der Waals surface area (Å²) >= 11 is 1.62. The molecule has 0 radical (unpaired) electrons. The highest BCUT2D eigenvalue weighted by atomic mass is 32.2. The van der Waals surface area contributed by atoms with Crippen molar-refractivity contribution in [3.05, 3.63) is 35.9 Å². The Kier molecular flexibility index (Phi) is 6.50. The minimum Gasteiger partial charge on any atom is -0.340 e. The van der Waals surface area contributed by atoms with Gasteiger partial charge in [0.1, 0.15) is 0 Å². The van der Waals surface area contributed by atoms with Crippen molar-refractivity contribution in [1.82, 2.24) is 9.62 Å². The molecule has 1 aliphatic heterocycles. The molecule has 7 heteroatoms. The second-order valence-electron chi connectivity index (χ2n) is 5.95. The third-order valence-electron chi connectivity index (χ3n) is 3.80. The lowest BCUT2D eigenvalue weighted by Crippen LogP contribution is -2.51. The molecule has 0 saturated carbocycles. The first kappa shape index (κ1) is 18.3. The summed E-state index contributed by atoms with van der Waals surface area (Å²) < 4.78 is 25.3. The summed E-state index contributed by atoms with van der Waals surface area (Å²) in [6, 6.07) is 9.90. The highest BCUT2D eigenvalue weighted by molar-refractivity contribution is 7.99. The van der Waals surface area contributed by atoms with Crippen LogP contribution in [0.5, 0.6) is 0 Å². The molecular weight excluding hydrogens is 332 g/mol. The molecule has 2 rings (SSSR count). The molecule has 0 aliphatic carbocycles. The molecule has 23 heavy (non-hydrogen) atoms. The number of sulfonamides is 1. The topological polar surface area (TPSA) is 66.5 Å². The average molecular weight is 357 g/mol. The second-order valence-corrected chi connectivity index (χ2v) is 9.06. The van der Waals surface area contributed by atoms with E-state index in [0.29, 0.717) is 13.1 Å². The van der Waals surface area contributed by atoms with Crippen LogP contribution >= 0.6 is 11.8 Å². The number of carbonyl (C=O) groups excluding carboxylic acids is 1. The average Bonchev–Trinajstić information content (AvgIpc) is 2.51. The fraction of sp³-hybridized carbons (Fsp3) is 0.562. The summed E-state index contributed by atoms with van der Waals surface area (Å²) in [5, 5.41) is -0.132. The van der Waals surface area contributed by atoms with Crippen LogP contribution in [0, 0.1) is 0 Å². The van der Waals surface area contributed by atoms with Gasteiger partial charge in [0.05, 0.1) is 11.5 Å². The van der Waals surface area contributed by atoms with Crippen molar-refractivity contribution >= 4 is 27.7 Å². The first-order valence-electron chi connectivity index (χ1n) is 7.77. The van der Waals surface area contributed by atoms with E-state index in [0.717, 1.165) is 24.9 Å². The van der Waals surface area contributed by atoms with Crippen molar-refractivity contribution in [2.24, 2.45) is 0 Å². The number of nitrogens with one attached hydrogen (secondary N) is 1. The third kappa shape index (κ3) is 6.16. The molecule has 1 heterocycles. The Hall–Kier alpha value is -1.05. The van der Waals surface area contributed by atoms with Crippen molar-refractivity contribution in [2.75, 3.05) is 19.3 Å². The summed E-state index contributed by atoms with van der Waals surface area (Å²) in [4.78, 5) is 14.3. The molecule has 1 aromatic carbocycles. The van der Waals surface area contributed by atoms with Crippen LogP contribution in [0.25, 0.3) is 0 Å². The molecule has 5 nitrogen and oxygen atoms in total. The fourth-order valence-corrected chi connectivity index (χ4v) is 4.42. The lowest BCUT2D eigenvalue weighted by Gasteiger charge is -2.34. The molecule has 128 valence electrons. The quantitative estimate of drug-likeness (QED) is 0.845. The number of hydrogen-bond donors (Lipinski definition) is 1. The second kappa shape index (κ2) is 8.17. The molecule has 1 aromatic rings. The monoisotopic (exact) mass is 356 g/mol. The van der Waals surface area contributed by atoms with Crippen molar-refractivity contribution in [1.29, 1.82) is 0 Å². The normalized spacial score (nSPS) is 20.3. The van der Waals surface area contributed by atoms with E-state index in [4.69, 9.17) is 0 Å². The Bertz CT molecular complexity index is 619. The number of rotatable bonds is 6. The maximum atomic E-state index is 12.6. The zero-order chi connectivity index (χ0) is 16.9. The minimum atomic E-state index is -3.23. The van der Waals surface area contributed by atoms with E-state index in [1.54, 1.807) is 16.7 Å². The van der Waals surface area contributed by atoms with Gasteiger partial charge in [0, 0.05) is 24.9 Å². The van der Waals surface area contributed by atoms with Crippen molar-refractivity contribution in [3.8, 4) is 0 Å². The number of nitrogens with zero attached hydrogens (tertiary/aromatic N) is 1. The zero-order valence-electron chi connectivity index (χ0n) is 13.6. The van der Waals surface area contributed by atoms with E-state index in [1.807, 2.05) is 25.1 Å². The van der Waals surface area contributed by atoms with Gasteiger partial charge < -0.3 is 4.90 Å². The first-order valence-corrected chi connectivity index (χ1v) is 10.7. The number of benzene rings is 1. The minimum absolute atomic E-state index is 0.0888. The largest absolute Gasteiger partial charge is 0.340 e. The van der Waals surface area contributed by atoms with E-state index in [9.17, 15) is 13.2 Å². The molecule has 0 bridgehead atoms. The van der Waals surface area contributed by atoms with Gasteiger partial charge in [-0.3, -0.25) is 4.79 Å². The lowest BCUT2D eigenvalue weighted by molar-refractivity contribution is -0.131. The van der Waals surface area contributed by atoms with E-state index < -0.39 is 10.0 Å². The van der Waals surface area contributed by atoms with Crippen LogP contribution in [0.2, 0.25) is 0 Å². The third-order valence-corrected chi connectivity index (χ3v) is 5.77. The van der Waals surface area contributed by atoms with E-state index in [-0.39, 0.29) is 17.2 Å². The van der Waals surface area contributed by atoms with Crippen LogP contribution in [0.3, 0.4) is 0 Å². The summed E-state index contributed by atoms with van der Waals surface area (Å²) in [5.74, 6) is 0.887. The molecule has 0 unspecified atom stereocenters. The van der Waals surface area contributed by atoms with Crippen LogP contribution in [0.4, 0.5) is 0 Å². The van der Waals surface area contributed by atoms with Gasteiger partial charge in [0.25, 0.3) is 0 Å². The molecule has 2 atom stereocenters. The van der Waals surface area contributed by atoms with Crippen molar-refractivity contribution in [2.45, 2.75) is 36.8 Å². The van der Waals surface area contributed by atoms with E-state index in [2.05, 4.69) is 16.9 Å². The Balaban J connectivity index is 1.86. The van der Waals surface area contributed by atoms with Gasteiger partial charge in [0.15, 0.2) is 0 Å². The number of thioether (sulfide) groups is 1. The van der Waals surface area contributed by atoms with Gasteiger partial charge in [-0.05, 0) is 25.3 Å². The summed E-state index contributed by atoms with van der Waals surface area (Å²) in [7, 11) is -3.23. The number of amides is 1. The number of piperidine rings is 1.